The fraction of sp³-hybridized carbons (Fsp3) is 0.100. The maximum absolute atomic E-state index is 13.2. The van der Waals surface area contributed by atoms with Crippen molar-refractivity contribution < 1.29 is 9.50 Å². The van der Waals surface area contributed by atoms with Crippen molar-refractivity contribution in [2.45, 2.75) is 6.61 Å². The molecule has 1 heterocycles. The quantitative estimate of drug-likeness (QED) is 0.721. The van der Waals surface area contributed by atoms with Crippen molar-refractivity contribution in [2.75, 3.05) is 0 Å². The van der Waals surface area contributed by atoms with E-state index in [0.29, 0.717) is 16.5 Å². The van der Waals surface area contributed by atoms with Gasteiger partial charge in [0, 0.05) is 11.6 Å². The highest BCUT2D eigenvalue weighted by molar-refractivity contribution is 5.79. The minimum absolute atomic E-state index is 0.114. The van der Waals surface area contributed by atoms with Crippen LogP contribution in [0.1, 0.15) is 5.56 Å². The maximum atomic E-state index is 13.2. The van der Waals surface area contributed by atoms with Crippen molar-refractivity contribution >= 4 is 10.9 Å². The smallest absolute Gasteiger partial charge is 0.132 e. The van der Waals surface area contributed by atoms with Gasteiger partial charge in [-0.2, -0.15) is 0 Å². The van der Waals surface area contributed by atoms with Crippen molar-refractivity contribution in [3.63, 3.8) is 0 Å². The van der Waals surface area contributed by atoms with E-state index in [1.54, 1.807) is 24.4 Å². The Hall–Kier alpha value is -1.48. The molecule has 1 aromatic heterocycles. The molecule has 13 heavy (non-hydrogen) atoms. The Kier molecular flexibility index (Phi) is 1.94. The topological polar surface area (TPSA) is 33.1 Å². The number of halogens is 1. The molecule has 0 fully saturated rings. The average molecular weight is 177 g/mol. The zero-order valence-electron chi connectivity index (χ0n) is 6.87. The van der Waals surface area contributed by atoms with Crippen molar-refractivity contribution in [1.82, 2.24) is 4.98 Å². The first kappa shape index (κ1) is 8.13. The Labute approximate surface area is 74.7 Å². The molecule has 0 saturated carbocycles. The molecule has 3 heteroatoms. The summed E-state index contributed by atoms with van der Waals surface area (Å²) in [6.07, 6.45) is 1.54. The van der Waals surface area contributed by atoms with Gasteiger partial charge >= 0.3 is 0 Å². The highest BCUT2D eigenvalue weighted by Gasteiger charge is 2.01. The third kappa shape index (κ3) is 1.38. The van der Waals surface area contributed by atoms with Crippen LogP contribution < -0.4 is 0 Å². The van der Waals surface area contributed by atoms with Gasteiger partial charge in [0.1, 0.15) is 5.82 Å². The van der Waals surface area contributed by atoms with Gasteiger partial charge in [-0.1, -0.05) is 6.07 Å². The SMILES string of the molecule is OCc1cnc2cccc(F)c2c1. The Bertz CT molecular complexity index is 442. The summed E-state index contributed by atoms with van der Waals surface area (Å²) in [5.74, 6) is -0.305. The average Bonchev–Trinajstić information content (AvgIpc) is 2.18. The number of fused-ring (bicyclic) bond motifs is 1. The zero-order valence-corrected chi connectivity index (χ0v) is 6.87. The first-order valence-corrected chi connectivity index (χ1v) is 3.95. The first-order chi connectivity index (χ1) is 6.31. The molecule has 0 bridgehead atoms. The molecule has 0 aliphatic carbocycles. The second-order valence-electron chi connectivity index (χ2n) is 2.81. The number of aromatic nitrogens is 1. The number of hydrogen-bond donors (Lipinski definition) is 1. The lowest BCUT2D eigenvalue weighted by Gasteiger charge is -2.00. The normalized spacial score (nSPS) is 10.6. The van der Waals surface area contributed by atoms with E-state index in [9.17, 15) is 4.39 Å². The van der Waals surface area contributed by atoms with Gasteiger partial charge in [0.25, 0.3) is 0 Å². The molecular weight excluding hydrogens is 169 g/mol. The van der Waals surface area contributed by atoms with Gasteiger partial charge in [0.2, 0.25) is 0 Å². The zero-order chi connectivity index (χ0) is 9.26. The van der Waals surface area contributed by atoms with Crippen LogP contribution >= 0.6 is 0 Å². The Morgan fingerprint density at radius 2 is 2.23 bits per heavy atom. The summed E-state index contributed by atoms with van der Waals surface area (Å²) in [5, 5.41) is 9.28. The van der Waals surface area contributed by atoms with Crippen molar-refractivity contribution in [3.05, 3.63) is 41.8 Å². The van der Waals surface area contributed by atoms with Crippen LogP contribution in [-0.4, -0.2) is 10.1 Å². The van der Waals surface area contributed by atoms with Crippen LogP contribution in [0, 0.1) is 5.82 Å². The number of benzene rings is 1. The van der Waals surface area contributed by atoms with Crippen molar-refractivity contribution in [3.8, 4) is 0 Å². The number of rotatable bonds is 1. The Balaban J connectivity index is 2.74. The molecule has 0 saturated heterocycles. The summed E-state index contributed by atoms with van der Waals surface area (Å²) in [6.45, 7) is -0.114. The molecule has 2 aromatic rings. The number of pyridine rings is 1. The molecule has 0 amide bonds. The van der Waals surface area contributed by atoms with Crippen LogP contribution in [0.3, 0.4) is 0 Å². The van der Waals surface area contributed by atoms with Crippen molar-refractivity contribution in [1.29, 1.82) is 0 Å². The summed E-state index contributed by atoms with van der Waals surface area (Å²) in [7, 11) is 0. The standard InChI is InChI=1S/C10H8FNO/c11-9-2-1-3-10-8(9)4-7(6-13)5-12-10/h1-5,13H,6H2. The molecule has 1 aromatic carbocycles. The molecule has 0 spiro atoms. The molecule has 66 valence electrons. The maximum Gasteiger partial charge on any atom is 0.132 e. The third-order valence-corrected chi connectivity index (χ3v) is 1.91. The monoisotopic (exact) mass is 177 g/mol. The predicted octanol–water partition coefficient (Wildman–Crippen LogP) is 1.87. The summed E-state index contributed by atoms with van der Waals surface area (Å²) < 4.78 is 13.2. The number of aliphatic hydroxyl groups excluding tert-OH is 1. The van der Waals surface area contributed by atoms with Gasteiger partial charge < -0.3 is 5.11 Å². The minimum Gasteiger partial charge on any atom is -0.392 e. The predicted molar refractivity (Wildman–Crippen MR) is 47.6 cm³/mol. The molecular formula is C10H8FNO. The van der Waals surface area contributed by atoms with Gasteiger partial charge in [-0.3, -0.25) is 4.98 Å². The van der Waals surface area contributed by atoms with E-state index >= 15 is 0 Å². The summed E-state index contributed by atoms with van der Waals surface area (Å²) in [6, 6.07) is 6.34. The van der Waals surface area contributed by atoms with Gasteiger partial charge in [-0.05, 0) is 23.8 Å². The van der Waals surface area contributed by atoms with Gasteiger partial charge in [-0.25, -0.2) is 4.39 Å². The molecule has 1 N–H and O–H groups in total. The van der Waals surface area contributed by atoms with E-state index in [2.05, 4.69) is 4.98 Å². The fourth-order valence-electron chi connectivity index (χ4n) is 1.24. The molecule has 2 rings (SSSR count). The highest BCUT2D eigenvalue weighted by Crippen LogP contribution is 2.16. The number of nitrogens with zero attached hydrogens (tertiary/aromatic N) is 1. The fourth-order valence-corrected chi connectivity index (χ4v) is 1.24. The molecule has 0 atom stereocenters. The van der Waals surface area contributed by atoms with E-state index in [1.165, 1.54) is 6.07 Å². The molecule has 0 aliphatic heterocycles. The lowest BCUT2D eigenvalue weighted by molar-refractivity contribution is 0.281. The first-order valence-electron chi connectivity index (χ1n) is 3.95. The third-order valence-electron chi connectivity index (χ3n) is 1.91. The van der Waals surface area contributed by atoms with Gasteiger partial charge in [0.05, 0.1) is 12.1 Å². The van der Waals surface area contributed by atoms with Crippen LogP contribution in [0.5, 0.6) is 0 Å². The van der Waals surface area contributed by atoms with E-state index in [0.717, 1.165) is 0 Å². The Morgan fingerprint density at radius 1 is 1.38 bits per heavy atom. The number of aliphatic hydroxyl groups is 1. The Morgan fingerprint density at radius 3 is 3.00 bits per heavy atom. The minimum atomic E-state index is -0.305. The summed E-state index contributed by atoms with van der Waals surface area (Å²) in [5.41, 5.74) is 1.23. The second kappa shape index (κ2) is 3.11. The molecule has 2 nitrogen and oxygen atoms in total. The summed E-state index contributed by atoms with van der Waals surface area (Å²) >= 11 is 0. The van der Waals surface area contributed by atoms with Crippen LogP contribution in [-0.2, 0) is 6.61 Å². The van der Waals surface area contributed by atoms with E-state index in [1.807, 2.05) is 0 Å². The highest BCUT2D eigenvalue weighted by atomic mass is 19.1. The van der Waals surface area contributed by atoms with Gasteiger partial charge in [-0.15, -0.1) is 0 Å². The van der Waals surface area contributed by atoms with E-state index in [4.69, 9.17) is 5.11 Å². The molecule has 0 unspecified atom stereocenters. The van der Waals surface area contributed by atoms with Crippen LogP contribution in [0.2, 0.25) is 0 Å². The van der Waals surface area contributed by atoms with Crippen LogP contribution in [0.25, 0.3) is 10.9 Å². The van der Waals surface area contributed by atoms with E-state index in [-0.39, 0.29) is 12.4 Å². The lowest BCUT2D eigenvalue weighted by Crippen LogP contribution is -1.88. The van der Waals surface area contributed by atoms with Crippen LogP contribution in [0.15, 0.2) is 30.5 Å². The van der Waals surface area contributed by atoms with Crippen molar-refractivity contribution in [2.24, 2.45) is 0 Å². The van der Waals surface area contributed by atoms with E-state index < -0.39 is 0 Å². The van der Waals surface area contributed by atoms with Gasteiger partial charge in [0.15, 0.2) is 0 Å². The van der Waals surface area contributed by atoms with Crippen LogP contribution in [0.4, 0.5) is 4.39 Å². The lowest BCUT2D eigenvalue weighted by atomic mass is 10.1. The molecule has 0 aliphatic rings. The molecule has 0 radical (unpaired) electrons. The summed E-state index contributed by atoms with van der Waals surface area (Å²) in [4.78, 5) is 4.01. The number of hydrogen-bond acceptors (Lipinski definition) is 2. The second-order valence-corrected chi connectivity index (χ2v) is 2.81. The largest absolute Gasteiger partial charge is 0.392 e.